The van der Waals surface area contributed by atoms with Crippen LogP contribution in [0, 0.1) is 22.7 Å². The van der Waals surface area contributed by atoms with Crippen molar-refractivity contribution in [2.24, 2.45) is 0 Å². The molecule has 1 aromatic carbocycles. The maximum atomic E-state index is 11.5. The summed E-state index contributed by atoms with van der Waals surface area (Å²) < 4.78 is 0. The lowest BCUT2D eigenvalue weighted by Crippen LogP contribution is -2.31. The Bertz CT molecular complexity index is 549. The highest BCUT2D eigenvalue weighted by Gasteiger charge is 2.22. The van der Waals surface area contributed by atoms with Crippen molar-refractivity contribution >= 4 is 11.6 Å². The minimum absolute atomic E-state index is 0.0552. The van der Waals surface area contributed by atoms with Crippen molar-refractivity contribution in [3.63, 3.8) is 0 Å². The van der Waals surface area contributed by atoms with E-state index in [1.807, 2.05) is 12.1 Å². The third-order valence-corrected chi connectivity index (χ3v) is 2.66. The monoisotopic (exact) mass is 240 g/mol. The average molecular weight is 240 g/mol. The summed E-state index contributed by atoms with van der Waals surface area (Å²) in [5.74, 6) is -0.0552. The topological polar surface area (TPSA) is 88.7 Å². The van der Waals surface area contributed by atoms with Crippen LogP contribution in [0.15, 0.2) is 18.2 Å². The molecule has 0 saturated heterocycles. The maximum absolute atomic E-state index is 11.5. The van der Waals surface area contributed by atoms with Gasteiger partial charge in [-0.05, 0) is 31.0 Å². The first-order valence-corrected chi connectivity index (χ1v) is 5.70. The number of hydrogen-bond donors (Lipinski definition) is 2. The van der Waals surface area contributed by atoms with Crippen LogP contribution in [0.1, 0.15) is 24.0 Å². The van der Waals surface area contributed by atoms with Crippen molar-refractivity contribution in [1.82, 2.24) is 5.32 Å². The first-order valence-electron chi connectivity index (χ1n) is 5.70. The smallest absolute Gasteiger partial charge is 0.239 e. The van der Waals surface area contributed by atoms with Gasteiger partial charge in [-0.1, -0.05) is 0 Å². The highest BCUT2D eigenvalue weighted by atomic mass is 16.2. The number of nitrogens with zero attached hydrogens (tertiary/aromatic N) is 2. The fraction of sp³-hybridized carbons (Fsp3) is 0.308. The van der Waals surface area contributed by atoms with E-state index in [1.54, 1.807) is 18.2 Å². The Morgan fingerprint density at radius 2 is 2.00 bits per heavy atom. The van der Waals surface area contributed by atoms with E-state index in [1.165, 1.54) is 0 Å². The van der Waals surface area contributed by atoms with Crippen molar-refractivity contribution in [1.29, 1.82) is 10.5 Å². The normalized spacial score (nSPS) is 13.2. The predicted molar refractivity (Wildman–Crippen MR) is 65.5 cm³/mol. The molecule has 18 heavy (non-hydrogen) atoms. The molecule has 0 unspecified atom stereocenters. The predicted octanol–water partition coefficient (Wildman–Crippen LogP) is 1.12. The van der Waals surface area contributed by atoms with E-state index in [9.17, 15) is 4.79 Å². The Balaban J connectivity index is 1.95. The number of hydrogen-bond acceptors (Lipinski definition) is 4. The Labute approximate surface area is 105 Å². The van der Waals surface area contributed by atoms with Crippen molar-refractivity contribution in [2.45, 2.75) is 18.9 Å². The molecule has 1 saturated carbocycles. The molecule has 0 aliphatic heterocycles. The zero-order chi connectivity index (χ0) is 13.0. The van der Waals surface area contributed by atoms with Crippen LogP contribution >= 0.6 is 0 Å². The van der Waals surface area contributed by atoms with E-state index in [2.05, 4.69) is 10.6 Å². The summed E-state index contributed by atoms with van der Waals surface area (Å²) in [5, 5.41) is 23.4. The molecule has 0 bridgehead atoms. The second-order valence-corrected chi connectivity index (χ2v) is 4.18. The number of anilines is 1. The molecular weight excluding hydrogens is 228 g/mol. The minimum Gasteiger partial charge on any atom is -0.376 e. The standard InChI is InChI=1S/C13H12N4O/c14-6-9-1-2-12(5-10(9)7-15)16-8-13(18)17-11-3-4-11/h1-2,5,11,16H,3-4,8H2,(H,17,18). The second kappa shape index (κ2) is 5.20. The van der Waals surface area contributed by atoms with Gasteiger partial charge in [-0.3, -0.25) is 4.79 Å². The number of carbonyl (C=O) groups excluding carboxylic acids is 1. The average Bonchev–Trinajstić information content (AvgIpc) is 3.19. The number of amides is 1. The highest BCUT2D eigenvalue weighted by Crippen LogP contribution is 2.18. The molecule has 0 heterocycles. The summed E-state index contributed by atoms with van der Waals surface area (Å²) in [6, 6.07) is 9.07. The molecule has 2 rings (SSSR count). The van der Waals surface area contributed by atoms with E-state index < -0.39 is 0 Å². The molecular formula is C13H12N4O. The molecule has 0 atom stereocenters. The minimum atomic E-state index is -0.0552. The number of carbonyl (C=O) groups is 1. The maximum Gasteiger partial charge on any atom is 0.239 e. The Kier molecular flexibility index (Phi) is 3.45. The van der Waals surface area contributed by atoms with E-state index in [-0.39, 0.29) is 12.5 Å². The van der Waals surface area contributed by atoms with E-state index in [0.29, 0.717) is 22.9 Å². The quantitative estimate of drug-likeness (QED) is 0.825. The van der Waals surface area contributed by atoms with Crippen LogP contribution in [0.25, 0.3) is 0 Å². The van der Waals surface area contributed by atoms with Crippen LogP contribution in [0.3, 0.4) is 0 Å². The highest BCUT2D eigenvalue weighted by molar-refractivity contribution is 5.81. The lowest BCUT2D eigenvalue weighted by Gasteiger charge is -2.07. The lowest BCUT2D eigenvalue weighted by molar-refractivity contribution is -0.119. The summed E-state index contributed by atoms with van der Waals surface area (Å²) in [7, 11) is 0. The summed E-state index contributed by atoms with van der Waals surface area (Å²) >= 11 is 0. The Hall–Kier alpha value is -2.53. The van der Waals surface area contributed by atoms with Crippen LogP contribution in [0.2, 0.25) is 0 Å². The van der Waals surface area contributed by atoms with Gasteiger partial charge in [-0.2, -0.15) is 10.5 Å². The molecule has 2 N–H and O–H groups in total. The molecule has 1 aliphatic rings. The van der Waals surface area contributed by atoms with Gasteiger partial charge in [0.25, 0.3) is 0 Å². The van der Waals surface area contributed by atoms with Crippen LogP contribution in [-0.4, -0.2) is 18.5 Å². The molecule has 1 aromatic rings. The molecule has 5 heteroatoms. The Morgan fingerprint density at radius 3 is 2.61 bits per heavy atom. The van der Waals surface area contributed by atoms with E-state index in [4.69, 9.17) is 10.5 Å². The fourth-order valence-corrected chi connectivity index (χ4v) is 1.53. The summed E-state index contributed by atoms with van der Waals surface area (Å²) in [5.41, 5.74) is 1.31. The first-order chi connectivity index (χ1) is 8.72. The molecule has 90 valence electrons. The van der Waals surface area contributed by atoms with Crippen molar-refractivity contribution in [2.75, 3.05) is 11.9 Å². The van der Waals surface area contributed by atoms with Gasteiger partial charge in [0, 0.05) is 11.7 Å². The second-order valence-electron chi connectivity index (χ2n) is 4.18. The number of benzene rings is 1. The largest absolute Gasteiger partial charge is 0.376 e. The number of nitriles is 2. The molecule has 1 aliphatic carbocycles. The van der Waals surface area contributed by atoms with Gasteiger partial charge < -0.3 is 10.6 Å². The van der Waals surface area contributed by atoms with Crippen molar-refractivity contribution in [3.05, 3.63) is 29.3 Å². The molecule has 1 fully saturated rings. The molecule has 1 amide bonds. The van der Waals surface area contributed by atoms with Gasteiger partial charge >= 0.3 is 0 Å². The van der Waals surface area contributed by atoms with Gasteiger partial charge in [0.15, 0.2) is 0 Å². The SMILES string of the molecule is N#Cc1ccc(NCC(=O)NC2CC2)cc1C#N. The van der Waals surface area contributed by atoms with Crippen LogP contribution in [0.5, 0.6) is 0 Å². The van der Waals surface area contributed by atoms with Crippen LogP contribution in [0.4, 0.5) is 5.69 Å². The lowest BCUT2D eigenvalue weighted by atomic mass is 10.1. The zero-order valence-corrected chi connectivity index (χ0v) is 9.73. The summed E-state index contributed by atoms with van der Waals surface area (Å²) in [6.07, 6.45) is 2.11. The summed E-state index contributed by atoms with van der Waals surface area (Å²) in [4.78, 5) is 11.5. The Morgan fingerprint density at radius 1 is 1.28 bits per heavy atom. The van der Waals surface area contributed by atoms with Gasteiger partial charge in [-0.25, -0.2) is 0 Å². The molecule has 0 spiro atoms. The van der Waals surface area contributed by atoms with Crippen LogP contribution in [-0.2, 0) is 4.79 Å². The van der Waals surface area contributed by atoms with E-state index in [0.717, 1.165) is 12.8 Å². The van der Waals surface area contributed by atoms with Gasteiger partial charge in [0.1, 0.15) is 12.1 Å². The van der Waals surface area contributed by atoms with E-state index >= 15 is 0 Å². The van der Waals surface area contributed by atoms with Gasteiger partial charge in [0.05, 0.1) is 17.7 Å². The molecule has 0 radical (unpaired) electrons. The van der Waals surface area contributed by atoms with Gasteiger partial charge in [-0.15, -0.1) is 0 Å². The number of nitrogens with one attached hydrogen (secondary N) is 2. The molecule has 5 nitrogen and oxygen atoms in total. The van der Waals surface area contributed by atoms with Crippen molar-refractivity contribution in [3.8, 4) is 12.1 Å². The first kappa shape index (κ1) is 11.9. The van der Waals surface area contributed by atoms with Crippen molar-refractivity contribution < 1.29 is 4.79 Å². The number of rotatable bonds is 4. The fourth-order valence-electron chi connectivity index (χ4n) is 1.53. The van der Waals surface area contributed by atoms with Crippen LogP contribution < -0.4 is 10.6 Å². The zero-order valence-electron chi connectivity index (χ0n) is 9.73. The van der Waals surface area contributed by atoms with Gasteiger partial charge in [0.2, 0.25) is 5.91 Å². The molecule has 0 aromatic heterocycles. The third-order valence-electron chi connectivity index (χ3n) is 2.66. The third kappa shape index (κ3) is 2.99. The summed E-state index contributed by atoms with van der Waals surface area (Å²) in [6.45, 7) is 0.174.